The molecule has 1 unspecified atom stereocenters. The third-order valence-electron chi connectivity index (χ3n) is 2.35. The molecule has 13 heavy (non-hydrogen) atoms. The average molecular weight is 306 g/mol. The zero-order valence-electron chi connectivity index (χ0n) is 7.98. The maximum absolute atomic E-state index is 3.70. The molecular formula is C11H14Br2. The van der Waals surface area contributed by atoms with E-state index in [9.17, 15) is 0 Å². The molecule has 0 bridgehead atoms. The van der Waals surface area contributed by atoms with Gasteiger partial charge in [0.05, 0.1) is 0 Å². The van der Waals surface area contributed by atoms with Gasteiger partial charge in [-0.05, 0) is 37.0 Å². The molecule has 1 rings (SSSR count). The van der Waals surface area contributed by atoms with Gasteiger partial charge >= 0.3 is 0 Å². The van der Waals surface area contributed by atoms with Crippen molar-refractivity contribution in [1.29, 1.82) is 0 Å². The Morgan fingerprint density at radius 1 is 1.31 bits per heavy atom. The summed E-state index contributed by atoms with van der Waals surface area (Å²) in [6, 6.07) is 6.48. The molecule has 0 amide bonds. The minimum atomic E-state index is 0.478. The largest absolute Gasteiger partial charge is 0.0928 e. The van der Waals surface area contributed by atoms with Crippen LogP contribution in [0, 0.1) is 13.8 Å². The van der Waals surface area contributed by atoms with Crippen molar-refractivity contribution < 1.29 is 0 Å². The fourth-order valence-electron chi connectivity index (χ4n) is 1.36. The Bertz CT molecular complexity index is 281. The molecule has 0 saturated carbocycles. The highest BCUT2D eigenvalue weighted by atomic mass is 79.9. The highest BCUT2D eigenvalue weighted by molar-refractivity contribution is 9.09. The summed E-state index contributed by atoms with van der Waals surface area (Å²) in [6.45, 7) is 4.35. The van der Waals surface area contributed by atoms with E-state index < -0.39 is 0 Å². The van der Waals surface area contributed by atoms with Crippen LogP contribution in [-0.4, -0.2) is 5.33 Å². The Morgan fingerprint density at radius 2 is 2.00 bits per heavy atom. The van der Waals surface area contributed by atoms with Gasteiger partial charge in [0.1, 0.15) is 0 Å². The Kier molecular flexibility index (Phi) is 4.47. The van der Waals surface area contributed by atoms with E-state index in [2.05, 4.69) is 63.9 Å². The second-order valence-corrected chi connectivity index (χ2v) is 5.13. The lowest BCUT2D eigenvalue weighted by Gasteiger charge is -2.13. The maximum atomic E-state index is 3.70. The first-order chi connectivity index (χ1) is 6.16. The van der Waals surface area contributed by atoms with Gasteiger partial charge in [-0.1, -0.05) is 50.1 Å². The SMILES string of the molecule is Cc1cccc(C(Br)CCBr)c1C. The summed E-state index contributed by atoms with van der Waals surface area (Å²) in [6.07, 6.45) is 1.13. The molecule has 72 valence electrons. The quantitative estimate of drug-likeness (QED) is 0.720. The highest BCUT2D eigenvalue weighted by Gasteiger charge is 2.09. The molecule has 0 heterocycles. The van der Waals surface area contributed by atoms with Crippen molar-refractivity contribution in [3.8, 4) is 0 Å². The Labute approximate surface area is 97.0 Å². The van der Waals surface area contributed by atoms with Crippen molar-refractivity contribution >= 4 is 31.9 Å². The van der Waals surface area contributed by atoms with E-state index in [1.54, 1.807) is 0 Å². The standard InChI is InChI=1S/C11H14Br2/c1-8-4-3-5-10(9(8)2)11(13)6-7-12/h3-5,11H,6-7H2,1-2H3. The van der Waals surface area contributed by atoms with Crippen molar-refractivity contribution in [1.82, 2.24) is 0 Å². The highest BCUT2D eigenvalue weighted by Crippen LogP contribution is 2.30. The molecule has 0 aliphatic carbocycles. The van der Waals surface area contributed by atoms with Gasteiger partial charge in [0.15, 0.2) is 0 Å². The minimum absolute atomic E-state index is 0.478. The average Bonchev–Trinajstić information content (AvgIpc) is 2.10. The molecule has 2 heteroatoms. The zero-order chi connectivity index (χ0) is 9.84. The fourth-order valence-corrected chi connectivity index (χ4v) is 3.16. The molecule has 0 radical (unpaired) electrons. The lowest BCUT2D eigenvalue weighted by molar-refractivity contribution is 0.915. The van der Waals surface area contributed by atoms with Gasteiger partial charge in [0, 0.05) is 10.2 Å². The summed E-state index contributed by atoms with van der Waals surface area (Å²) >= 11 is 7.16. The van der Waals surface area contributed by atoms with Crippen LogP contribution in [0.3, 0.4) is 0 Å². The van der Waals surface area contributed by atoms with Crippen LogP contribution >= 0.6 is 31.9 Å². The maximum Gasteiger partial charge on any atom is 0.0406 e. The first kappa shape index (κ1) is 11.3. The van der Waals surface area contributed by atoms with Crippen LogP contribution in [0.4, 0.5) is 0 Å². The summed E-state index contributed by atoms with van der Waals surface area (Å²) in [5.41, 5.74) is 4.20. The van der Waals surface area contributed by atoms with E-state index in [0.29, 0.717) is 4.83 Å². The molecule has 1 atom stereocenters. The number of halogens is 2. The van der Waals surface area contributed by atoms with Crippen molar-refractivity contribution in [3.63, 3.8) is 0 Å². The van der Waals surface area contributed by atoms with Crippen LogP contribution in [0.5, 0.6) is 0 Å². The summed E-state index contributed by atoms with van der Waals surface area (Å²) < 4.78 is 0. The summed E-state index contributed by atoms with van der Waals surface area (Å²) in [5, 5.41) is 1.04. The predicted octanol–water partition coefficient (Wildman–Crippen LogP) is 4.52. The molecular weight excluding hydrogens is 292 g/mol. The van der Waals surface area contributed by atoms with Gasteiger partial charge in [-0.2, -0.15) is 0 Å². The van der Waals surface area contributed by atoms with Crippen molar-refractivity contribution in [2.45, 2.75) is 25.1 Å². The Balaban J connectivity index is 2.93. The Morgan fingerprint density at radius 3 is 2.62 bits per heavy atom. The van der Waals surface area contributed by atoms with Crippen LogP contribution in [0.2, 0.25) is 0 Å². The normalized spacial score (nSPS) is 12.9. The van der Waals surface area contributed by atoms with Gasteiger partial charge in [-0.15, -0.1) is 0 Å². The molecule has 1 aromatic rings. The van der Waals surface area contributed by atoms with E-state index in [1.807, 2.05) is 0 Å². The van der Waals surface area contributed by atoms with Gasteiger partial charge in [0.25, 0.3) is 0 Å². The number of hydrogen-bond acceptors (Lipinski definition) is 0. The summed E-state index contributed by atoms with van der Waals surface area (Å²) in [4.78, 5) is 0.478. The molecule has 0 nitrogen and oxygen atoms in total. The van der Waals surface area contributed by atoms with E-state index in [4.69, 9.17) is 0 Å². The van der Waals surface area contributed by atoms with Gasteiger partial charge in [-0.25, -0.2) is 0 Å². The summed E-state index contributed by atoms with van der Waals surface area (Å²) in [5.74, 6) is 0. The monoisotopic (exact) mass is 304 g/mol. The summed E-state index contributed by atoms with van der Waals surface area (Å²) in [7, 11) is 0. The lowest BCUT2D eigenvalue weighted by Crippen LogP contribution is -1.96. The minimum Gasteiger partial charge on any atom is -0.0928 e. The predicted molar refractivity (Wildman–Crippen MR) is 66.0 cm³/mol. The lowest BCUT2D eigenvalue weighted by atomic mass is 10.0. The third kappa shape index (κ3) is 2.81. The molecule has 0 aliphatic heterocycles. The van der Waals surface area contributed by atoms with Gasteiger partial charge in [-0.3, -0.25) is 0 Å². The smallest absolute Gasteiger partial charge is 0.0406 e. The number of rotatable bonds is 3. The van der Waals surface area contributed by atoms with E-state index in [1.165, 1.54) is 16.7 Å². The van der Waals surface area contributed by atoms with Crippen molar-refractivity contribution in [2.75, 3.05) is 5.33 Å². The third-order valence-corrected chi connectivity index (χ3v) is 3.76. The van der Waals surface area contributed by atoms with Crippen LogP contribution in [0.1, 0.15) is 27.9 Å². The molecule has 0 saturated heterocycles. The second-order valence-electron chi connectivity index (χ2n) is 3.23. The number of alkyl halides is 2. The van der Waals surface area contributed by atoms with Crippen LogP contribution in [0.25, 0.3) is 0 Å². The number of aryl methyl sites for hydroxylation is 1. The molecule has 0 spiro atoms. The molecule has 0 N–H and O–H groups in total. The van der Waals surface area contributed by atoms with Crippen LogP contribution < -0.4 is 0 Å². The van der Waals surface area contributed by atoms with Crippen LogP contribution in [-0.2, 0) is 0 Å². The second kappa shape index (κ2) is 5.16. The number of benzene rings is 1. The Hall–Kier alpha value is 0.180. The zero-order valence-corrected chi connectivity index (χ0v) is 11.2. The molecule has 0 aromatic heterocycles. The topological polar surface area (TPSA) is 0 Å². The van der Waals surface area contributed by atoms with Gasteiger partial charge in [0.2, 0.25) is 0 Å². The van der Waals surface area contributed by atoms with E-state index in [-0.39, 0.29) is 0 Å². The van der Waals surface area contributed by atoms with E-state index >= 15 is 0 Å². The van der Waals surface area contributed by atoms with Gasteiger partial charge < -0.3 is 0 Å². The van der Waals surface area contributed by atoms with Crippen LogP contribution in [0.15, 0.2) is 18.2 Å². The molecule has 0 fully saturated rings. The number of hydrogen-bond donors (Lipinski definition) is 0. The fraction of sp³-hybridized carbons (Fsp3) is 0.455. The first-order valence-corrected chi connectivity index (χ1v) is 6.46. The van der Waals surface area contributed by atoms with E-state index in [0.717, 1.165) is 11.8 Å². The molecule has 0 aliphatic rings. The molecule has 1 aromatic carbocycles. The first-order valence-electron chi connectivity index (χ1n) is 4.43. The van der Waals surface area contributed by atoms with Crippen molar-refractivity contribution in [2.24, 2.45) is 0 Å². The van der Waals surface area contributed by atoms with Crippen molar-refractivity contribution in [3.05, 3.63) is 34.9 Å².